The minimum absolute atomic E-state index is 0.0148. The number of aryl methyl sites for hydroxylation is 2. The van der Waals surface area contributed by atoms with Crippen molar-refractivity contribution in [2.75, 3.05) is 13.1 Å². The van der Waals surface area contributed by atoms with Gasteiger partial charge in [0, 0.05) is 26.7 Å². The lowest BCUT2D eigenvalue weighted by Gasteiger charge is -2.28. The van der Waals surface area contributed by atoms with Gasteiger partial charge in [0.2, 0.25) is 0 Å². The van der Waals surface area contributed by atoms with E-state index in [1.807, 2.05) is 34.9 Å². The van der Waals surface area contributed by atoms with Crippen LogP contribution < -0.4 is 0 Å². The SMILES string of the molecule is Cc1cc(C(=O)N2CCCC2Cn2cc(C(=O)N3CCc4ccccc4C3)nn2)n(C)n1. The molecule has 1 aromatic carbocycles. The molecule has 2 aromatic heterocycles. The van der Waals surface area contributed by atoms with Crippen molar-refractivity contribution in [1.29, 1.82) is 0 Å². The number of hydrogen-bond acceptors (Lipinski definition) is 5. The Balaban J connectivity index is 1.26. The second-order valence-electron chi connectivity index (χ2n) is 8.66. The highest BCUT2D eigenvalue weighted by atomic mass is 16.2. The molecule has 5 rings (SSSR count). The maximum absolute atomic E-state index is 13.1. The van der Waals surface area contributed by atoms with Gasteiger partial charge in [-0.05, 0) is 43.4 Å². The van der Waals surface area contributed by atoms with E-state index in [0.29, 0.717) is 37.6 Å². The van der Waals surface area contributed by atoms with Gasteiger partial charge in [-0.25, -0.2) is 4.68 Å². The van der Waals surface area contributed by atoms with Crippen molar-refractivity contribution in [1.82, 2.24) is 34.6 Å². The number of fused-ring (bicyclic) bond motifs is 1. The summed E-state index contributed by atoms with van der Waals surface area (Å²) in [7, 11) is 1.79. The van der Waals surface area contributed by atoms with Gasteiger partial charge in [-0.2, -0.15) is 5.10 Å². The van der Waals surface area contributed by atoms with E-state index in [1.54, 1.807) is 22.6 Å². The molecule has 0 bridgehead atoms. The molecule has 4 heterocycles. The van der Waals surface area contributed by atoms with Gasteiger partial charge in [0.15, 0.2) is 5.69 Å². The van der Waals surface area contributed by atoms with Gasteiger partial charge in [-0.15, -0.1) is 5.10 Å². The Morgan fingerprint density at radius 2 is 1.94 bits per heavy atom. The molecule has 1 fully saturated rings. The van der Waals surface area contributed by atoms with Gasteiger partial charge >= 0.3 is 0 Å². The molecule has 0 N–H and O–H groups in total. The average molecular weight is 434 g/mol. The summed E-state index contributed by atoms with van der Waals surface area (Å²) < 4.78 is 3.33. The standard InChI is InChI=1S/C23H27N7O2/c1-16-12-21(27(2)25-16)23(32)30-10-5-8-19(30)14-29-15-20(24-26-29)22(31)28-11-9-17-6-3-4-7-18(17)13-28/h3-4,6-7,12,15,19H,5,8-11,13-14H2,1-2H3. The van der Waals surface area contributed by atoms with Crippen LogP contribution in [0.2, 0.25) is 0 Å². The van der Waals surface area contributed by atoms with Crippen LogP contribution in [-0.2, 0) is 26.6 Å². The van der Waals surface area contributed by atoms with Crippen LogP contribution in [0.25, 0.3) is 0 Å². The third kappa shape index (κ3) is 3.79. The van der Waals surface area contributed by atoms with Gasteiger partial charge in [-0.3, -0.25) is 14.3 Å². The molecule has 9 nitrogen and oxygen atoms in total. The van der Waals surface area contributed by atoms with Crippen LogP contribution in [0.5, 0.6) is 0 Å². The number of carbonyl (C=O) groups excluding carboxylic acids is 2. The molecule has 0 spiro atoms. The Morgan fingerprint density at radius 3 is 2.72 bits per heavy atom. The van der Waals surface area contributed by atoms with E-state index in [-0.39, 0.29) is 17.9 Å². The third-order valence-corrected chi connectivity index (χ3v) is 6.43. The molecule has 0 saturated carbocycles. The summed E-state index contributed by atoms with van der Waals surface area (Å²) in [4.78, 5) is 29.8. The van der Waals surface area contributed by atoms with Crippen molar-refractivity contribution in [2.45, 2.75) is 45.3 Å². The van der Waals surface area contributed by atoms with Gasteiger partial charge in [0.25, 0.3) is 11.8 Å². The lowest BCUT2D eigenvalue weighted by atomic mass is 10.00. The van der Waals surface area contributed by atoms with Crippen molar-refractivity contribution < 1.29 is 9.59 Å². The molecule has 166 valence electrons. The highest BCUT2D eigenvalue weighted by Gasteiger charge is 2.32. The largest absolute Gasteiger partial charge is 0.333 e. The average Bonchev–Trinajstić information content (AvgIpc) is 3.53. The lowest BCUT2D eigenvalue weighted by Crippen LogP contribution is -2.39. The van der Waals surface area contributed by atoms with E-state index in [0.717, 1.165) is 25.0 Å². The van der Waals surface area contributed by atoms with E-state index in [4.69, 9.17) is 0 Å². The molecule has 1 unspecified atom stereocenters. The number of benzene rings is 1. The number of nitrogens with zero attached hydrogens (tertiary/aromatic N) is 7. The monoisotopic (exact) mass is 433 g/mol. The maximum Gasteiger partial charge on any atom is 0.276 e. The number of rotatable bonds is 4. The third-order valence-electron chi connectivity index (χ3n) is 6.43. The molecule has 32 heavy (non-hydrogen) atoms. The topological polar surface area (TPSA) is 89.2 Å². The fourth-order valence-electron chi connectivity index (χ4n) is 4.78. The lowest BCUT2D eigenvalue weighted by molar-refractivity contribution is 0.0706. The van der Waals surface area contributed by atoms with Crippen molar-refractivity contribution in [3.05, 3.63) is 64.7 Å². The zero-order chi connectivity index (χ0) is 22.2. The van der Waals surface area contributed by atoms with Crippen molar-refractivity contribution in [3.63, 3.8) is 0 Å². The Bertz CT molecular complexity index is 1160. The van der Waals surface area contributed by atoms with Crippen LogP contribution in [0, 0.1) is 6.92 Å². The van der Waals surface area contributed by atoms with Crippen LogP contribution in [0.15, 0.2) is 36.5 Å². The molecule has 0 radical (unpaired) electrons. The first-order valence-corrected chi connectivity index (χ1v) is 11.1. The van der Waals surface area contributed by atoms with Crippen LogP contribution in [-0.4, -0.2) is 65.5 Å². The number of carbonyl (C=O) groups is 2. The molecule has 3 aromatic rings. The number of aromatic nitrogens is 5. The summed E-state index contributed by atoms with van der Waals surface area (Å²) in [5.74, 6) is -0.116. The molecule has 2 amide bonds. The number of hydrogen-bond donors (Lipinski definition) is 0. The summed E-state index contributed by atoms with van der Waals surface area (Å²) in [5, 5.41) is 12.6. The Kier molecular flexibility index (Phi) is 5.24. The zero-order valence-corrected chi connectivity index (χ0v) is 18.4. The smallest absolute Gasteiger partial charge is 0.276 e. The molecule has 1 saturated heterocycles. The minimum atomic E-state index is -0.101. The highest BCUT2D eigenvalue weighted by molar-refractivity contribution is 5.93. The summed E-state index contributed by atoms with van der Waals surface area (Å²) in [6.45, 7) is 4.38. The highest BCUT2D eigenvalue weighted by Crippen LogP contribution is 2.23. The second kappa shape index (κ2) is 8.22. The van der Waals surface area contributed by atoms with Crippen LogP contribution in [0.4, 0.5) is 0 Å². The zero-order valence-electron chi connectivity index (χ0n) is 18.4. The first kappa shape index (κ1) is 20.4. The maximum atomic E-state index is 13.1. The summed E-state index contributed by atoms with van der Waals surface area (Å²) in [6, 6.07) is 10.1. The molecule has 2 aliphatic rings. The minimum Gasteiger partial charge on any atom is -0.333 e. The van der Waals surface area contributed by atoms with E-state index >= 15 is 0 Å². The fourth-order valence-corrected chi connectivity index (χ4v) is 4.78. The van der Waals surface area contributed by atoms with Gasteiger partial charge in [-0.1, -0.05) is 29.5 Å². The summed E-state index contributed by atoms with van der Waals surface area (Å²) in [5.41, 5.74) is 4.25. The molecule has 2 aliphatic heterocycles. The molecular weight excluding hydrogens is 406 g/mol. The first-order chi connectivity index (χ1) is 15.5. The summed E-state index contributed by atoms with van der Waals surface area (Å²) in [6.07, 6.45) is 4.40. The van der Waals surface area contributed by atoms with Crippen molar-refractivity contribution >= 4 is 11.8 Å². The molecule has 0 aliphatic carbocycles. The predicted molar refractivity (Wildman–Crippen MR) is 117 cm³/mol. The molecule has 1 atom stereocenters. The first-order valence-electron chi connectivity index (χ1n) is 11.1. The molecule has 9 heteroatoms. The van der Waals surface area contributed by atoms with E-state index < -0.39 is 0 Å². The Hall–Kier alpha value is -3.49. The van der Waals surface area contributed by atoms with Crippen LogP contribution >= 0.6 is 0 Å². The summed E-state index contributed by atoms with van der Waals surface area (Å²) >= 11 is 0. The molecular formula is C23H27N7O2. The van der Waals surface area contributed by atoms with Crippen LogP contribution in [0.3, 0.4) is 0 Å². The van der Waals surface area contributed by atoms with Gasteiger partial charge < -0.3 is 9.80 Å². The van der Waals surface area contributed by atoms with Crippen molar-refractivity contribution in [3.8, 4) is 0 Å². The Morgan fingerprint density at radius 1 is 1.12 bits per heavy atom. The fraction of sp³-hybridized carbons (Fsp3) is 0.435. The second-order valence-corrected chi connectivity index (χ2v) is 8.66. The van der Waals surface area contributed by atoms with E-state index in [2.05, 4.69) is 27.5 Å². The van der Waals surface area contributed by atoms with Crippen molar-refractivity contribution in [2.24, 2.45) is 7.05 Å². The van der Waals surface area contributed by atoms with E-state index in [9.17, 15) is 9.59 Å². The number of likely N-dealkylation sites (tertiary alicyclic amines) is 1. The number of amides is 2. The predicted octanol–water partition coefficient (Wildman–Crippen LogP) is 1.82. The van der Waals surface area contributed by atoms with Crippen LogP contribution in [0.1, 0.15) is 50.6 Å². The normalized spacial score (nSPS) is 18.1. The van der Waals surface area contributed by atoms with Gasteiger partial charge in [0.1, 0.15) is 5.69 Å². The quantitative estimate of drug-likeness (QED) is 0.626. The Labute approximate surface area is 186 Å². The van der Waals surface area contributed by atoms with E-state index in [1.165, 1.54) is 11.1 Å². The van der Waals surface area contributed by atoms with Gasteiger partial charge in [0.05, 0.1) is 24.5 Å².